The van der Waals surface area contributed by atoms with Crippen LogP contribution in [-0.4, -0.2) is 29.0 Å². The molecular weight excluding hydrogens is 372 g/mol. The third-order valence-corrected chi connectivity index (χ3v) is 4.48. The second-order valence-corrected chi connectivity index (χ2v) is 6.45. The number of hydrogen-bond donors (Lipinski definition) is 1. The van der Waals surface area contributed by atoms with E-state index in [0.29, 0.717) is 16.8 Å². The molecule has 3 rings (SSSR count). The van der Waals surface area contributed by atoms with Gasteiger partial charge in [0.15, 0.2) is 0 Å². The Labute approximate surface area is 158 Å². The summed E-state index contributed by atoms with van der Waals surface area (Å²) >= 11 is 1.16. The van der Waals surface area contributed by atoms with Crippen LogP contribution in [0.3, 0.4) is 0 Å². The van der Waals surface area contributed by atoms with Gasteiger partial charge in [0.25, 0.3) is 0 Å². The van der Waals surface area contributed by atoms with E-state index >= 15 is 0 Å². The van der Waals surface area contributed by atoms with Gasteiger partial charge in [0.05, 0.1) is 24.2 Å². The second-order valence-electron chi connectivity index (χ2n) is 5.45. The van der Waals surface area contributed by atoms with Crippen LogP contribution in [0, 0.1) is 11.6 Å². The van der Waals surface area contributed by atoms with E-state index in [2.05, 4.69) is 15.5 Å². The summed E-state index contributed by atoms with van der Waals surface area (Å²) in [4.78, 5) is 11.9. The van der Waals surface area contributed by atoms with Crippen molar-refractivity contribution < 1.29 is 18.3 Å². The number of rotatable bonds is 6. The molecule has 0 aliphatic heterocycles. The number of carbonyl (C=O) groups excluding carboxylic acids is 1. The van der Waals surface area contributed by atoms with Crippen LogP contribution in [0.25, 0.3) is 11.3 Å². The Kier molecular flexibility index (Phi) is 5.97. The first kappa shape index (κ1) is 18.8. The van der Waals surface area contributed by atoms with Crippen LogP contribution in [0.1, 0.15) is 0 Å². The van der Waals surface area contributed by atoms with Gasteiger partial charge in [0.2, 0.25) is 5.91 Å². The molecule has 1 amide bonds. The smallest absolute Gasteiger partial charge is 0.234 e. The number of nitrogens with zero attached hydrogens (tertiary/aromatic N) is 2. The molecule has 0 unspecified atom stereocenters. The predicted octanol–water partition coefficient (Wildman–Crippen LogP) is 4.16. The van der Waals surface area contributed by atoms with Crippen LogP contribution >= 0.6 is 11.8 Å². The van der Waals surface area contributed by atoms with Crippen molar-refractivity contribution in [3.8, 4) is 17.0 Å². The zero-order chi connectivity index (χ0) is 19.2. The van der Waals surface area contributed by atoms with Gasteiger partial charge in [-0.15, -0.1) is 10.2 Å². The van der Waals surface area contributed by atoms with Crippen LogP contribution in [0.2, 0.25) is 0 Å². The van der Waals surface area contributed by atoms with E-state index < -0.39 is 17.5 Å². The van der Waals surface area contributed by atoms with Crippen LogP contribution in [0.5, 0.6) is 5.75 Å². The number of hydrogen-bond acceptors (Lipinski definition) is 5. The van der Waals surface area contributed by atoms with Crippen molar-refractivity contribution in [3.63, 3.8) is 0 Å². The van der Waals surface area contributed by atoms with Crippen molar-refractivity contribution in [3.05, 3.63) is 66.2 Å². The van der Waals surface area contributed by atoms with Gasteiger partial charge >= 0.3 is 0 Å². The van der Waals surface area contributed by atoms with Crippen molar-refractivity contribution in [2.75, 3.05) is 18.2 Å². The highest BCUT2D eigenvalue weighted by molar-refractivity contribution is 7.99. The van der Waals surface area contributed by atoms with E-state index in [1.807, 2.05) is 24.3 Å². The number of amides is 1. The Morgan fingerprint density at radius 2 is 1.96 bits per heavy atom. The molecule has 0 aliphatic carbocycles. The first-order valence-electron chi connectivity index (χ1n) is 7.91. The van der Waals surface area contributed by atoms with Gasteiger partial charge in [0.1, 0.15) is 22.4 Å². The van der Waals surface area contributed by atoms with E-state index in [1.165, 1.54) is 6.07 Å². The maximum absolute atomic E-state index is 13.5. The van der Waals surface area contributed by atoms with Crippen LogP contribution in [0.4, 0.5) is 14.5 Å². The SMILES string of the molecule is COc1cccc(-c2ccc(SCC(=O)Nc3ccc(F)cc3F)nn2)c1. The summed E-state index contributed by atoms with van der Waals surface area (Å²) in [5.41, 5.74) is 1.47. The summed E-state index contributed by atoms with van der Waals surface area (Å²) in [6.45, 7) is 0. The molecule has 27 heavy (non-hydrogen) atoms. The Hall–Kier alpha value is -3.00. The molecule has 138 valence electrons. The Morgan fingerprint density at radius 1 is 1.11 bits per heavy atom. The Balaban J connectivity index is 1.59. The average Bonchev–Trinajstić information content (AvgIpc) is 2.69. The van der Waals surface area contributed by atoms with E-state index in [0.717, 1.165) is 29.1 Å². The number of carbonyl (C=O) groups is 1. The molecule has 1 N–H and O–H groups in total. The summed E-state index contributed by atoms with van der Waals surface area (Å²) in [5.74, 6) is -1.21. The molecule has 0 saturated heterocycles. The number of anilines is 1. The first-order chi connectivity index (χ1) is 13.0. The maximum Gasteiger partial charge on any atom is 0.234 e. The molecule has 5 nitrogen and oxygen atoms in total. The topological polar surface area (TPSA) is 64.1 Å². The molecule has 0 spiro atoms. The molecule has 0 fully saturated rings. The number of methoxy groups -OCH3 is 1. The van der Waals surface area contributed by atoms with Gasteiger partial charge in [0, 0.05) is 11.6 Å². The average molecular weight is 387 g/mol. The quantitative estimate of drug-likeness (QED) is 0.644. The van der Waals surface area contributed by atoms with Crippen LogP contribution < -0.4 is 10.1 Å². The van der Waals surface area contributed by atoms with Crippen molar-refractivity contribution in [1.29, 1.82) is 0 Å². The van der Waals surface area contributed by atoms with Gasteiger partial charge in [-0.3, -0.25) is 4.79 Å². The second kappa shape index (κ2) is 8.59. The summed E-state index contributed by atoms with van der Waals surface area (Å²) in [6.07, 6.45) is 0. The maximum atomic E-state index is 13.5. The normalized spacial score (nSPS) is 10.5. The van der Waals surface area contributed by atoms with Gasteiger partial charge in [-0.2, -0.15) is 0 Å². The lowest BCUT2D eigenvalue weighted by Gasteiger charge is -2.06. The van der Waals surface area contributed by atoms with E-state index in [4.69, 9.17) is 4.74 Å². The van der Waals surface area contributed by atoms with Crippen molar-refractivity contribution in [1.82, 2.24) is 10.2 Å². The number of halogens is 2. The van der Waals surface area contributed by atoms with Crippen molar-refractivity contribution >= 4 is 23.4 Å². The number of thioether (sulfide) groups is 1. The van der Waals surface area contributed by atoms with Crippen LogP contribution in [-0.2, 0) is 4.79 Å². The molecule has 3 aromatic rings. The summed E-state index contributed by atoms with van der Waals surface area (Å²) < 4.78 is 31.6. The molecular formula is C19H15F2N3O2S. The minimum Gasteiger partial charge on any atom is -0.497 e. The molecule has 1 heterocycles. The van der Waals surface area contributed by atoms with Crippen LogP contribution in [0.15, 0.2) is 59.6 Å². The van der Waals surface area contributed by atoms with Gasteiger partial charge in [-0.25, -0.2) is 8.78 Å². The van der Waals surface area contributed by atoms with E-state index in [-0.39, 0.29) is 11.4 Å². The zero-order valence-electron chi connectivity index (χ0n) is 14.3. The highest BCUT2D eigenvalue weighted by Crippen LogP contribution is 2.23. The molecule has 0 aliphatic rings. The fourth-order valence-corrected chi connectivity index (χ4v) is 2.86. The van der Waals surface area contributed by atoms with Gasteiger partial charge in [-0.05, 0) is 36.4 Å². The predicted molar refractivity (Wildman–Crippen MR) is 99.7 cm³/mol. The minimum absolute atomic E-state index is 0.0179. The van der Waals surface area contributed by atoms with E-state index in [1.54, 1.807) is 19.2 Å². The lowest BCUT2D eigenvalue weighted by Crippen LogP contribution is -2.15. The van der Waals surface area contributed by atoms with E-state index in [9.17, 15) is 13.6 Å². The molecule has 0 atom stereocenters. The highest BCUT2D eigenvalue weighted by atomic mass is 32.2. The molecule has 0 saturated carbocycles. The van der Waals surface area contributed by atoms with Gasteiger partial charge in [-0.1, -0.05) is 23.9 Å². The fraction of sp³-hybridized carbons (Fsp3) is 0.105. The number of ether oxygens (including phenoxy) is 1. The lowest BCUT2D eigenvalue weighted by molar-refractivity contribution is -0.113. The minimum atomic E-state index is -0.823. The lowest BCUT2D eigenvalue weighted by atomic mass is 10.1. The molecule has 1 aromatic heterocycles. The summed E-state index contributed by atoms with van der Waals surface area (Å²) in [6, 6.07) is 13.9. The Bertz CT molecular complexity index is 952. The molecule has 0 bridgehead atoms. The van der Waals surface area contributed by atoms with Gasteiger partial charge < -0.3 is 10.1 Å². The molecule has 0 radical (unpaired) electrons. The third-order valence-electron chi connectivity index (χ3n) is 3.56. The highest BCUT2D eigenvalue weighted by Gasteiger charge is 2.10. The monoisotopic (exact) mass is 387 g/mol. The first-order valence-corrected chi connectivity index (χ1v) is 8.89. The largest absolute Gasteiger partial charge is 0.497 e. The molecule has 8 heteroatoms. The molecule has 2 aromatic carbocycles. The third kappa shape index (κ3) is 5.01. The number of nitrogens with one attached hydrogen (secondary N) is 1. The van der Waals surface area contributed by atoms with Crippen molar-refractivity contribution in [2.45, 2.75) is 5.03 Å². The summed E-state index contributed by atoms with van der Waals surface area (Å²) in [5, 5.41) is 11.2. The Morgan fingerprint density at radius 3 is 2.67 bits per heavy atom. The zero-order valence-corrected chi connectivity index (χ0v) is 15.1. The standard InChI is InChI=1S/C19H15F2N3O2S/c1-26-14-4-2-3-12(9-14)16-7-8-19(24-23-16)27-11-18(25)22-17-6-5-13(20)10-15(17)21/h2-10H,11H2,1H3,(H,22,25). The number of aromatic nitrogens is 2. The summed E-state index contributed by atoms with van der Waals surface area (Å²) in [7, 11) is 1.59. The van der Waals surface area contributed by atoms with Crippen molar-refractivity contribution in [2.24, 2.45) is 0 Å². The number of benzene rings is 2. The fourth-order valence-electron chi connectivity index (χ4n) is 2.25.